The fraction of sp³-hybridized carbons (Fsp3) is 0. The number of hydrogen-bond acceptors (Lipinski definition) is 1. The Hall–Kier alpha value is -7.21. The molecule has 0 radical (unpaired) electrons. The molecule has 0 saturated heterocycles. The maximum absolute atomic E-state index is 10.6. The van der Waals surface area contributed by atoms with Crippen LogP contribution in [-0.4, -0.2) is 4.57 Å². The zero-order valence-corrected chi connectivity index (χ0v) is 28.9. The number of fused-ring (bicyclic) bond motifs is 5. The van der Waals surface area contributed by atoms with Gasteiger partial charge in [-0.1, -0.05) is 164 Å². The van der Waals surface area contributed by atoms with Gasteiger partial charge in [0.15, 0.2) is 0 Å². The molecule has 1 heterocycles. The first-order chi connectivity index (χ1) is 26.3. The van der Waals surface area contributed by atoms with Gasteiger partial charge < -0.3 is 4.57 Å². The van der Waals surface area contributed by atoms with Crippen LogP contribution in [0.4, 0.5) is 0 Å². The molecule has 0 N–H and O–H groups in total. The van der Waals surface area contributed by atoms with Crippen LogP contribution in [0.15, 0.2) is 194 Å². The normalized spacial score (nSPS) is 11.4. The summed E-state index contributed by atoms with van der Waals surface area (Å²) < 4.78 is 2.27. The van der Waals surface area contributed by atoms with E-state index in [2.05, 4.69) is 199 Å². The summed E-state index contributed by atoms with van der Waals surface area (Å²) in [7, 11) is 0. The summed E-state index contributed by atoms with van der Waals surface area (Å²) in [4.78, 5) is 0. The van der Waals surface area contributed by atoms with Crippen LogP contribution in [0.25, 0.3) is 93.5 Å². The number of nitriles is 1. The van der Waals surface area contributed by atoms with Crippen LogP contribution in [0, 0.1) is 11.3 Å². The van der Waals surface area contributed by atoms with E-state index in [1.165, 1.54) is 49.0 Å². The molecule has 1 aromatic heterocycles. The molecule has 0 spiro atoms. The van der Waals surface area contributed by atoms with E-state index in [1.54, 1.807) is 0 Å². The number of benzene rings is 9. The second kappa shape index (κ2) is 12.5. The van der Waals surface area contributed by atoms with E-state index < -0.39 is 0 Å². The van der Waals surface area contributed by atoms with Crippen LogP contribution >= 0.6 is 0 Å². The Bertz CT molecular complexity index is 2960. The number of hydrogen-bond donors (Lipinski definition) is 0. The summed E-state index contributed by atoms with van der Waals surface area (Å²) in [5, 5.41) is 18.0. The van der Waals surface area contributed by atoms with Gasteiger partial charge in [0, 0.05) is 22.0 Å². The lowest BCUT2D eigenvalue weighted by Crippen LogP contribution is -1.96. The minimum atomic E-state index is 0.640. The third kappa shape index (κ3) is 4.94. The Kier molecular flexibility index (Phi) is 7.23. The predicted octanol–water partition coefficient (Wildman–Crippen LogP) is 13.6. The van der Waals surface area contributed by atoms with E-state index in [0.29, 0.717) is 5.56 Å². The molecule has 0 bridgehead atoms. The van der Waals surface area contributed by atoms with Crippen LogP contribution in [0.3, 0.4) is 0 Å². The zero-order chi connectivity index (χ0) is 35.3. The first-order valence-electron chi connectivity index (χ1n) is 18.0. The van der Waals surface area contributed by atoms with Crippen molar-refractivity contribution >= 4 is 43.4 Å². The molecule has 0 amide bonds. The van der Waals surface area contributed by atoms with Crippen molar-refractivity contribution in [3.8, 4) is 56.3 Å². The van der Waals surface area contributed by atoms with Gasteiger partial charge in [0.25, 0.3) is 0 Å². The van der Waals surface area contributed by atoms with Crippen LogP contribution in [0.5, 0.6) is 0 Å². The van der Waals surface area contributed by atoms with E-state index in [9.17, 15) is 5.26 Å². The molecule has 0 aliphatic carbocycles. The van der Waals surface area contributed by atoms with Crippen molar-refractivity contribution in [1.29, 1.82) is 5.26 Å². The van der Waals surface area contributed by atoms with Crippen LogP contribution < -0.4 is 0 Å². The highest BCUT2D eigenvalue weighted by Gasteiger charge is 2.19. The summed E-state index contributed by atoms with van der Waals surface area (Å²) in [5.41, 5.74) is 12.9. The minimum absolute atomic E-state index is 0.640. The van der Waals surface area contributed by atoms with E-state index in [1.807, 2.05) is 6.07 Å². The smallest absolute Gasteiger partial charge is 0.0998 e. The van der Waals surface area contributed by atoms with Gasteiger partial charge in [-0.3, -0.25) is 0 Å². The van der Waals surface area contributed by atoms with Gasteiger partial charge in [-0.25, -0.2) is 0 Å². The topological polar surface area (TPSA) is 28.7 Å². The standard InChI is InChI=1S/C51H32N2/c52-33-37-32-38(53-48-27-12-10-21-42(48)43-22-11-13-28-49(43)53)29-30-40(37)41-20-5-4-19-39(41)35-17-14-18-36(31-35)51-46-25-8-6-23-44(46)50(34-15-2-1-3-16-34)45-24-7-9-26-47(45)51/h1-32H. The second-order valence-corrected chi connectivity index (χ2v) is 13.5. The Balaban J connectivity index is 1.14. The Morgan fingerprint density at radius 1 is 0.340 bits per heavy atom. The summed E-state index contributed by atoms with van der Waals surface area (Å²) in [6.45, 7) is 0. The van der Waals surface area contributed by atoms with Crippen molar-refractivity contribution in [1.82, 2.24) is 4.57 Å². The Morgan fingerprint density at radius 2 is 0.811 bits per heavy atom. The lowest BCUT2D eigenvalue weighted by molar-refractivity contribution is 1.18. The largest absolute Gasteiger partial charge is 0.309 e. The van der Waals surface area contributed by atoms with Gasteiger partial charge in [0.05, 0.1) is 22.7 Å². The van der Waals surface area contributed by atoms with Gasteiger partial charge >= 0.3 is 0 Å². The third-order valence-electron chi connectivity index (χ3n) is 10.6. The summed E-state index contributed by atoms with van der Waals surface area (Å²) in [6, 6.07) is 71.4. The maximum atomic E-state index is 10.6. The molecule has 10 rings (SSSR count). The first kappa shape index (κ1) is 30.6. The molecule has 10 aromatic rings. The highest BCUT2D eigenvalue weighted by Crippen LogP contribution is 2.45. The van der Waals surface area contributed by atoms with Crippen LogP contribution in [0.1, 0.15) is 5.56 Å². The quantitative estimate of drug-likeness (QED) is 0.167. The highest BCUT2D eigenvalue weighted by molar-refractivity contribution is 6.21. The molecule has 2 heteroatoms. The molecular weight excluding hydrogens is 641 g/mol. The molecule has 0 aliphatic rings. The molecule has 0 unspecified atom stereocenters. The highest BCUT2D eigenvalue weighted by atomic mass is 15.0. The number of aromatic nitrogens is 1. The van der Waals surface area contributed by atoms with Crippen molar-refractivity contribution < 1.29 is 0 Å². The molecule has 0 saturated carbocycles. The van der Waals surface area contributed by atoms with Crippen molar-refractivity contribution in [3.05, 3.63) is 200 Å². The summed E-state index contributed by atoms with van der Waals surface area (Å²) in [6.07, 6.45) is 0. The molecule has 9 aromatic carbocycles. The molecule has 53 heavy (non-hydrogen) atoms. The molecule has 0 atom stereocenters. The van der Waals surface area contributed by atoms with Crippen molar-refractivity contribution in [2.75, 3.05) is 0 Å². The molecule has 246 valence electrons. The maximum Gasteiger partial charge on any atom is 0.0998 e. The Morgan fingerprint density at radius 3 is 1.42 bits per heavy atom. The second-order valence-electron chi connectivity index (χ2n) is 13.5. The van der Waals surface area contributed by atoms with Gasteiger partial charge in [0.2, 0.25) is 0 Å². The van der Waals surface area contributed by atoms with Crippen LogP contribution in [0.2, 0.25) is 0 Å². The molecule has 0 fully saturated rings. The third-order valence-corrected chi connectivity index (χ3v) is 10.6. The van der Waals surface area contributed by atoms with Crippen molar-refractivity contribution in [2.24, 2.45) is 0 Å². The van der Waals surface area contributed by atoms with E-state index in [0.717, 1.165) is 44.5 Å². The van der Waals surface area contributed by atoms with Gasteiger partial charge in [0.1, 0.15) is 0 Å². The molecular formula is C51H32N2. The van der Waals surface area contributed by atoms with E-state index >= 15 is 0 Å². The SMILES string of the molecule is N#Cc1cc(-n2c3ccccc3c3ccccc32)ccc1-c1ccccc1-c1cccc(-c2c3ccccc3c(-c3ccccc3)c3ccccc23)c1. The average Bonchev–Trinajstić information content (AvgIpc) is 3.57. The van der Waals surface area contributed by atoms with E-state index in [-0.39, 0.29) is 0 Å². The van der Waals surface area contributed by atoms with E-state index in [4.69, 9.17) is 0 Å². The van der Waals surface area contributed by atoms with Gasteiger partial charge in [-0.2, -0.15) is 5.26 Å². The Labute approximate surface area is 308 Å². The fourth-order valence-electron chi connectivity index (χ4n) is 8.37. The van der Waals surface area contributed by atoms with Gasteiger partial charge in [-0.15, -0.1) is 0 Å². The van der Waals surface area contributed by atoms with Crippen molar-refractivity contribution in [2.45, 2.75) is 0 Å². The monoisotopic (exact) mass is 672 g/mol. The zero-order valence-electron chi connectivity index (χ0n) is 28.9. The molecule has 0 aliphatic heterocycles. The fourth-order valence-corrected chi connectivity index (χ4v) is 8.37. The minimum Gasteiger partial charge on any atom is -0.309 e. The predicted molar refractivity (Wildman–Crippen MR) is 222 cm³/mol. The first-order valence-corrected chi connectivity index (χ1v) is 18.0. The van der Waals surface area contributed by atoms with Gasteiger partial charge in [-0.05, 0) is 90.8 Å². The van der Waals surface area contributed by atoms with Crippen LogP contribution in [-0.2, 0) is 0 Å². The number of nitrogens with zero attached hydrogens (tertiary/aromatic N) is 2. The summed E-state index contributed by atoms with van der Waals surface area (Å²) >= 11 is 0. The molecule has 2 nitrogen and oxygen atoms in total. The number of para-hydroxylation sites is 2. The summed E-state index contributed by atoms with van der Waals surface area (Å²) in [5.74, 6) is 0. The lowest BCUT2D eigenvalue weighted by atomic mass is 9.85. The number of rotatable bonds is 5. The lowest BCUT2D eigenvalue weighted by Gasteiger charge is -2.18. The van der Waals surface area contributed by atoms with Crippen molar-refractivity contribution in [3.63, 3.8) is 0 Å². The average molecular weight is 673 g/mol.